The lowest BCUT2D eigenvalue weighted by molar-refractivity contribution is 2.05. The van der Waals surface area contributed by atoms with Crippen LogP contribution in [0.2, 0.25) is 0 Å². The van der Waals surface area contributed by atoms with Gasteiger partial charge in [-0.2, -0.15) is 0 Å². The Morgan fingerprint density at radius 3 is 1.41 bits per heavy atom. The molecule has 4 aliphatic heterocycles. The third-order valence-corrected chi connectivity index (χ3v) is 14.4. The summed E-state index contributed by atoms with van der Waals surface area (Å²) in [7, 11) is 0. The van der Waals surface area contributed by atoms with Crippen LogP contribution in [-0.2, 0) is 0 Å². The van der Waals surface area contributed by atoms with Crippen LogP contribution in [0.15, 0.2) is 82.2 Å². The van der Waals surface area contributed by atoms with Gasteiger partial charge in [0.2, 0.25) is 0 Å². The Morgan fingerprint density at radius 2 is 0.963 bits per heavy atom. The molecule has 27 heavy (non-hydrogen) atoms. The van der Waals surface area contributed by atoms with Crippen molar-refractivity contribution in [2.24, 2.45) is 0 Å². The van der Waals surface area contributed by atoms with Crippen LogP contribution in [0.5, 0.6) is 0 Å². The normalized spacial score (nSPS) is 24.4. The molecule has 0 spiro atoms. The molecular weight excluding hydrogens is 525 g/mol. The highest BCUT2D eigenvalue weighted by atomic mass is 32.3. The zero-order valence-electron chi connectivity index (χ0n) is 13.6. The monoisotopic (exact) mass is 536 g/mol. The summed E-state index contributed by atoms with van der Waals surface area (Å²) in [4.78, 5) is 0. The van der Waals surface area contributed by atoms with Crippen LogP contribution < -0.4 is 0 Å². The predicted octanol–water partition coefficient (Wildman–Crippen LogP) is 10.2. The first-order valence-corrected chi connectivity index (χ1v) is 16.4. The van der Waals surface area contributed by atoms with Crippen LogP contribution >= 0.6 is 118 Å². The second-order valence-corrected chi connectivity index (χ2v) is 16.4. The van der Waals surface area contributed by atoms with Crippen LogP contribution in [0, 0.1) is 0 Å². The maximum absolute atomic E-state index is 2.28. The van der Waals surface area contributed by atoms with Gasteiger partial charge in [0.15, 0.2) is 0 Å². The van der Waals surface area contributed by atoms with E-state index >= 15 is 0 Å². The van der Waals surface area contributed by atoms with E-state index in [4.69, 9.17) is 0 Å². The Bertz CT molecular complexity index is 737. The molecule has 10 heteroatoms. The molecule has 0 N–H and O–H groups in total. The summed E-state index contributed by atoms with van der Waals surface area (Å²) in [5.41, 5.74) is 0. The molecule has 0 amide bonds. The van der Waals surface area contributed by atoms with Gasteiger partial charge in [-0.1, -0.05) is 94.1 Å². The number of hydrogen-bond donors (Lipinski definition) is 0. The van der Waals surface area contributed by atoms with Crippen molar-refractivity contribution in [2.45, 2.75) is 0 Å². The van der Waals surface area contributed by atoms with E-state index < -0.39 is 0 Å². The second-order valence-electron chi connectivity index (χ2n) is 4.68. The summed E-state index contributed by atoms with van der Waals surface area (Å²) in [5.74, 6) is 0. The molecule has 0 aromatic heterocycles. The van der Waals surface area contributed by atoms with E-state index in [2.05, 4.69) is 56.8 Å². The second kappa shape index (κ2) is 11.7. The topological polar surface area (TPSA) is 0 Å². The minimum absolute atomic E-state index is 1.06. The minimum atomic E-state index is 1.06. The predicted molar refractivity (Wildman–Crippen MR) is 148 cm³/mol. The zero-order valence-corrected chi connectivity index (χ0v) is 21.7. The van der Waals surface area contributed by atoms with Crippen molar-refractivity contribution in [3.8, 4) is 0 Å². The first-order valence-electron chi connectivity index (χ1n) is 7.51. The smallest absolute Gasteiger partial charge is 0.0530 e. The number of hydrogen-bond acceptors (Lipinski definition) is 10. The third-order valence-electron chi connectivity index (χ3n) is 2.91. The maximum atomic E-state index is 2.28. The molecule has 0 atom stereocenters. The van der Waals surface area contributed by atoms with E-state index in [9.17, 15) is 0 Å². The number of rotatable bonds is 6. The third kappa shape index (κ3) is 7.25. The van der Waals surface area contributed by atoms with E-state index in [1.807, 2.05) is 70.6 Å². The highest BCUT2D eigenvalue weighted by Gasteiger charge is 2.15. The van der Waals surface area contributed by atoms with Crippen molar-refractivity contribution in [3.05, 3.63) is 82.2 Å². The summed E-state index contributed by atoms with van der Waals surface area (Å²) in [6, 6.07) is 0. The van der Waals surface area contributed by atoms with Gasteiger partial charge in [0.1, 0.15) is 0 Å². The SMILES string of the molecule is C1=CSC(=C/C=C2/SC=C(SCSC3=CS/C(=C\C=C4SC=CS4)S3)S2)S1. The summed E-state index contributed by atoms with van der Waals surface area (Å²) in [6.07, 6.45) is 8.92. The average molecular weight is 537 g/mol. The molecule has 140 valence electrons. The fourth-order valence-corrected chi connectivity index (χ4v) is 12.4. The Hall–Kier alpha value is 1.42. The fourth-order valence-electron chi connectivity index (χ4n) is 1.79. The zero-order chi connectivity index (χ0) is 18.3. The lowest BCUT2D eigenvalue weighted by atomic mass is 10.6. The standard InChI is InChI=1S/C17H12S10/c1(12-18-5-6-19-12)3-14-22-9-16(26-14)24-11-25-17-10-23-15(27-17)4-2-13-20-7-8-21-13/h1-10H,11H2/b14-3-,15-4+. The first kappa shape index (κ1) is 21.6. The van der Waals surface area contributed by atoms with Gasteiger partial charge in [0.25, 0.3) is 0 Å². The van der Waals surface area contributed by atoms with Crippen LogP contribution in [-0.4, -0.2) is 5.08 Å². The molecular formula is C17H12S10. The van der Waals surface area contributed by atoms with Gasteiger partial charge in [-0.15, -0.1) is 23.5 Å². The van der Waals surface area contributed by atoms with Gasteiger partial charge in [-0.3, -0.25) is 0 Å². The van der Waals surface area contributed by atoms with Gasteiger partial charge >= 0.3 is 0 Å². The van der Waals surface area contributed by atoms with E-state index in [-0.39, 0.29) is 0 Å². The van der Waals surface area contributed by atoms with Crippen molar-refractivity contribution >= 4 is 118 Å². The van der Waals surface area contributed by atoms with E-state index in [0.29, 0.717) is 0 Å². The molecule has 0 saturated heterocycles. The highest BCUT2D eigenvalue weighted by Crippen LogP contribution is 2.53. The fraction of sp³-hybridized carbons (Fsp3) is 0.0588. The molecule has 0 aromatic carbocycles. The molecule has 4 heterocycles. The molecule has 0 unspecified atom stereocenters. The Balaban J connectivity index is 1.15. The van der Waals surface area contributed by atoms with Gasteiger partial charge in [-0.25, -0.2) is 0 Å². The van der Waals surface area contributed by atoms with Crippen molar-refractivity contribution in [1.82, 2.24) is 0 Å². The van der Waals surface area contributed by atoms with Crippen molar-refractivity contribution in [1.29, 1.82) is 0 Å². The molecule has 0 radical (unpaired) electrons. The van der Waals surface area contributed by atoms with Crippen LogP contribution in [0.4, 0.5) is 0 Å². The Kier molecular flexibility index (Phi) is 9.39. The molecule has 0 aliphatic carbocycles. The quantitative estimate of drug-likeness (QED) is 0.299. The molecule has 0 bridgehead atoms. The highest BCUT2D eigenvalue weighted by molar-refractivity contribution is 8.40. The maximum Gasteiger partial charge on any atom is 0.0530 e. The number of thioether (sulfide) groups is 10. The van der Waals surface area contributed by atoms with Crippen LogP contribution in [0.3, 0.4) is 0 Å². The molecule has 4 aliphatic rings. The van der Waals surface area contributed by atoms with Crippen molar-refractivity contribution < 1.29 is 0 Å². The van der Waals surface area contributed by atoms with Crippen molar-refractivity contribution in [3.63, 3.8) is 0 Å². The van der Waals surface area contributed by atoms with Gasteiger partial charge in [-0.05, 0) is 56.8 Å². The van der Waals surface area contributed by atoms with E-state index in [0.717, 1.165) is 5.08 Å². The summed E-state index contributed by atoms with van der Waals surface area (Å²) < 4.78 is 8.24. The van der Waals surface area contributed by atoms with Gasteiger partial charge in [0.05, 0.1) is 8.47 Å². The van der Waals surface area contributed by atoms with Gasteiger partial charge in [0, 0.05) is 22.0 Å². The van der Waals surface area contributed by atoms with Crippen molar-refractivity contribution in [2.75, 3.05) is 5.08 Å². The summed E-state index contributed by atoms with van der Waals surface area (Å²) >= 11 is 18.5. The lowest BCUT2D eigenvalue weighted by Gasteiger charge is -2.02. The first-order chi connectivity index (χ1) is 13.3. The summed E-state index contributed by atoms with van der Waals surface area (Å²) in [6.45, 7) is 0. The molecule has 0 aromatic rings. The Labute approximate surface area is 202 Å². The largest absolute Gasteiger partial charge is 0.107 e. The molecule has 0 nitrogen and oxygen atoms in total. The molecule has 0 saturated carbocycles. The minimum Gasteiger partial charge on any atom is -0.107 e. The lowest BCUT2D eigenvalue weighted by Crippen LogP contribution is -1.70. The molecule has 0 fully saturated rings. The van der Waals surface area contributed by atoms with Crippen LogP contribution in [0.1, 0.15) is 0 Å². The summed E-state index contributed by atoms with van der Waals surface area (Å²) in [5, 5.41) is 14.2. The number of allylic oxidation sites excluding steroid dienone is 4. The van der Waals surface area contributed by atoms with Gasteiger partial charge < -0.3 is 0 Å². The van der Waals surface area contributed by atoms with Crippen LogP contribution in [0.25, 0.3) is 0 Å². The Morgan fingerprint density at radius 1 is 0.556 bits per heavy atom. The molecule has 4 rings (SSSR count). The van der Waals surface area contributed by atoms with E-state index in [1.54, 1.807) is 47.0 Å². The van der Waals surface area contributed by atoms with E-state index in [1.165, 1.54) is 25.4 Å². The average Bonchev–Trinajstić information content (AvgIpc) is 3.47.